The summed E-state index contributed by atoms with van der Waals surface area (Å²) in [4.78, 5) is 12.2. The van der Waals surface area contributed by atoms with Crippen molar-refractivity contribution in [3.63, 3.8) is 0 Å². The van der Waals surface area contributed by atoms with Crippen molar-refractivity contribution < 1.29 is 4.79 Å². The third-order valence-electron chi connectivity index (χ3n) is 4.41. The van der Waals surface area contributed by atoms with E-state index in [9.17, 15) is 10.1 Å². The van der Waals surface area contributed by atoms with Gasteiger partial charge in [0.2, 0.25) is 5.91 Å². The van der Waals surface area contributed by atoms with E-state index < -0.39 is 5.41 Å². The summed E-state index contributed by atoms with van der Waals surface area (Å²) in [6.45, 7) is 4.21. The molecule has 0 heterocycles. The van der Waals surface area contributed by atoms with Gasteiger partial charge in [0.05, 0.1) is 6.07 Å². The van der Waals surface area contributed by atoms with Crippen LogP contribution in [-0.4, -0.2) is 11.4 Å². The van der Waals surface area contributed by atoms with Crippen LogP contribution in [0.25, 0.3) is 0 Å². The summed E-state index contributed by atoms with van der Waals surface area (Å²) < 4.78 is 0. The SMILES string of the molecule is CCC1(NC(=O)C2(C#N)CC(C)C2)CCC1. The number of amides is 1. The molecule has 2 aliphatic rings. The summed E-state index contributed by atoms with van der Waals surface area (Å²) in [5, 5.41) is 12.3. The van der Waals surface area contributed by atoms with E-state index in [1.807, 2.05) is 0 Å². The number of carbonyl (C=O) groups is 1. The molecule has 88 valence electrons. The Morgan fingerprint density at radius 2 is 2.12 bits per heavy atom. The van der Waals surface area contributed by atoms with Crippen molar-refractivity contribution in [1.82, 2.24) is 5.32 Å². The summed E-state index contributed by atoms with van der Waals surface area (Å²) in [5.41, 5.74) is -0.697. The van der Waals surface area contributed by atoms with Crippen molar-refractivity contribution in [3.8, 4) is 6.07 Å². The molecule has 1 amide bonds. The summed E-state index contributed by atoms with van der Waals surface area (Å²) in [5.74, 6) is 0.499. The molecule has 0 bridgehead atoms. The first-order valence-electron chi connectivity index (χ1n) is 6.30. The molecule has 0 saturated heterocycles. The molecule has 0 aromatic carbocycles. The van der Waals surface area contributed by atoms with E-state index >= 15 is 0 Å². The van der Waals surface area contributed by atoms with Gasteiger partial charge in [0, 0.05) is 5.54 Å². The highest BCUT2D eigenvalue weighted by atomic mass is 16.2. The number of nitriles is 1. The Kier molecular flexibility index (Phi) is 2.69. The Morgan fingerprint density at radius 1 is 1.50 bits per heavy atom. The Bertz CT molecular complexity index is 327. The minimum absolute atomic E-state index is 0.0137. The fourth-order valence-electron chi connectivity index (χ4n) is 2.99. The quantitative estimate of drug-likeness (QED) is 0.794. The summed E-state index contributed by atoms with van der Waals surface area (Å²) in [6, 6.07) is 2.23. The topological polar surface area (TPSA) is 52.9 Å². The number of nitrogens with one attached hydrogen (secondary N) is 1. The van der Waals surface area contributed by atoms with Gasteiger partial charge in [-0.25, -0.2) is 0 Å². The molecule has 3 nitrogen and oxygen atoms in total. The predicted molar refractivity (Wildman–Crippen MR) is 61.5 cm³/mol. The molecule has 0 spiro atoms. The molecule has 2 aliphatic carbocycles. The zero-order valence-corrected chi connectivity index (χ0v) is 10.2. The maximum Gasteiger partial charge on any atom is 0.240 e. The van der Waals surface area contributed by atoms with Gasteiger partial charge in [-0.15, -0.1) is 0 Å². The van der Waals surface area contributed by atoms with Crippen LogP contribution in [0.1, 0.15) is 52.4 Å². The molecule has 1 N–H and O–H groups in total. The largest absolute Gasteiger partial charge is 0.349 e. The van der Waals surface area contributed by atoms with Gasteiger partial charge < -0.3 is 5.32 Å². The standard InChI is InChI=1S/C13H20N2O/c1-3-13(5-4-6-13)15-11(16)12(9-14)7-10(2)8-12/h10H,3-8H2,1-2H3,(H,15,16). The van der Waals surface area contributed by atoms with Crippen molar-refractivity contribution in [3.05, 3.63) is 0 Å². The highest BCUT2D eigenvalue weighted by molar-refractivity contribution is 5.87. The van der Waals surface area contributed by atoms with Crippen LogP contribution in [0.4, 0.5) is 0 Å². The van der Waals surface area contributed by atoms with Crippen LogP contribution in [0.5, 0.6) is 0 Å². The lowest BCUT2D eigenvalue weighted by molar-refractivity contribution is -0.137. The predicted octanol–water partition coefficient (Wildman–Crippen LogP) is 2.38. The van der Waals surface area contributed by atoms with Crippen molar-refractivity contribution in [2.24, 2.45) is 11.3 Å². The van der Waals surface area contributed by atoms with Crippen molar-refractivity contribution >= 4 is 5.91 Å². The number of hydrogen-bond acceptors (Lipinski definition) is 2. The monoisotopic (exact) mass is 220 g/mol. The van der Waals surface area contributed by atoms with Gasteiger partial charge in [-0.3, -0.25) is 4.79 Å². The van der Waals surface area contributed by atoms with Crippen LogP contribution >= 0.6 is 0 Å². The minimum atomic E-state index is -0.711. The average molecular weight is 220 g/mol. The van der Waals surface area contributed by atoms with Gasteiger partial charge in [0.1, 0.15) is 5.41 Å². The van der Waals surface area contributed by atoms with Crippen LogP contribution in [0.2, 0.25) is 0 Å². The lowest BCUT2D eigenvalue weighted by atomic mass is 9.62. The Labute approximate surface area is 97.2 Å². The molecule has 2 fully saturated rings. The Morgan fingerprint density at radius 3 is 2.44 bits per heavy atom. The molecule has 0 aromatic rings. The first kappa shape index (κ1) is 11.4. The minimum Gasteiger partial charge on any atom is -0.349 e. The molecule has 3 heteroatoms. The van der Waals surface area contributed by atoms with Gasteiger partial charge >= 0.3 is 0 Å². The fraction of sp³-hybridized carbons (Fsp3) is 0.846. The van der Waals surface area contributed by atoms with E-state index in [0.717, 1.165) is 32.1 Å². The zero-order valence-electron chi connectivity index (χ0n) is 10.2. The Balaban J connectivity index is 2.00. The Hall–Kier alpha value is -1.04. The molecule has 16 heavy (non-hydrogen) atoms. The molecular formula is C13H20N2O. The van der Waals surface area contributed by atoms with E-state index in [4.69, 9.17) is 0 Å². The molecule has 0 radical (unpaired) electrons. The molecule has 0 aromatic heterocycles. The van der Waals surface area contributed by atoms with Crippen LogP contribution in [-0.2, 0) is 4.79 Å². The number of hydrogen-bond donors (Lipinski definition) is 1. The van der Waals surface area contributed by atoms with E-state index in [1.54, 1.807) is 0 Å². The molecule has 2 rings (SSSR count). The normalized spacial score (nSPS) is 35.4. The third kappa shape index (κ3) is 1.61. The highest BCUT2D eigenvalue weighted by Crippen LogP contribution is 2.46. The zero-order chi connectivity index (χ0) is 11.8. The van der Waals surface area contributed by atoms with Gasteiger partial charge in [0.15, 0.2) is 0 Å². The molecule has 0 unspecified atom stereocenters. The first-order chi connectivity index (χ1) is 7.56. The maximum atomic E-state index is 12.2. The van der Waals surface area contributed by atoms with Crippen LogP contribution in [0.15, 0.2) is 0 Å². The van der Waals surface area contributed by atoms with Gasteiger partial charge in [-0.2, -0.15) is 5.26 Å². The summed E-state index contributed by atoms with van der Waals surface area (Å²) in [7, 11) is 0. The van der Waals surface area contributed by atoms with Gasteiger partial charge in [0.25, 0.3) is 0 Å². The van der Waals surface area contributed by atoms with Gasteiger partial charge in [-0.1, -0.05) is 13.8 Å². The lowest BCUT2D eigenvalue weighted by Crippen LogP contribution is -2.59. The number of nitrogens with zero attached hydrogens (tertiary/aromatic N) is 1. The second-order valence-corrected chi connectivity index (χ2v) is 5.65. The van der Waals surface area contributed by atoms with Crippen molar-refractivity contribution in [1.29, 1.82) is 5.26 Å². The fourth-order valence-corrected chi connectivity index (χ4v) is 2.99. The third-order valence-corrected chi connectivity index (χ3v) is 4.41. The average Bonchev–Trinajstić information content (AvgIpc) is 2.18. The maximum absolute atomic E-state index is 12.2. The smallest absolute Gasteiger partial charge is 0.240 e. The van der Waals surface area contributed by atoms with Crippen molar-refractivity contribution in [2.45, 2.75) is 57.9 Å². The summed E-state index contributed by atoms with van der Waals surface area (Å²) in [6.07, 6.45) is 5.79. The van der Waals surface area contributed by atoms with E-state index in [2.05, 4.69) is 25.2 Å². The number of rotatable bonds is 3. The van der Waals surface area contributed by atoms with Crippen molar-refractivity contribution in [2.75, 3.05) is 0 Å². The number of carbonyl (C=O) groups excluding carboxylic acids is 1. The first-order valence-corrected chi connectivity index (χ1v) is 6.30. The molecular weight excluding hydrogens is 200 g/mol. The van der Waals surface area contributed by atoms with E-state index in [0.29, 0.717) is 5.92 Å². The second kappa shape index (κ2) is 3.76. The van der Waals surface area contributed by atoms with E-state index in [-0.39, 0.29) is 11.4 Å². The second-order valence-electron chi connectivity index (χ2n) is 5.65. The molecule has 0 aliphatic heterocycles. The van der Waals surface area contributed by atoms with Crippen LogP contribution in [0.3, 0.4) is 0 Å². The summed E-state index contributed by atoms with van der Waals surface area (Å²) >= 11 is 0. The molecule has 2 saturated carbocycles. The van der Waals surface area contributed by atoms with Crippen LogP contribution < -0.4 is 5.32 Å². The lowest BCUT2D eigenvalue weighted by Gasteiger charge is -2.46. The van der Waals surface area contributed by atoms with Gasteiger partial charge in [-0.05, 0) is 44.4 Å². The van der Waals surface area contributed by atoms with E-state index in [1.165, 1.54) is 6.42 Å². The van der Waals surface area contributed by atoms with Crippen LogP contribution in [0, 0.1) is 22.7 Å². The molecule has 0 atom stereocenters. The highest BCUT2D eigenvalue weighted by Gasteiger charge is 2.51.